The Balaban J connectivity index is 0.000000199. The molecule has 0 bridgehead atoms. The van der Waals surface area contributed by atoms with Crippen LogP contribution in [0, 0.1) is 0 Å². The van der Waals surface area contributed by atoms with Crippen LogP contribution in [0.15, 0.2) is 183 Å². The number of carbonyl (C=O) groups is 5. The lowest BCUT2D eigenvalue weighted by molar-refractivity contribution is -0.143. The number of halogens is 12. The molecular formula is C91H86Br2Cl10N4O13. The van der Waals surface area contributed by atoms with Gasteiger partial charge in [0.15, 0.2) is 16.3 Å². The number of aromatic nitrogens is 3. The van der Waals surface area contributed by atoms with Crippen LogP contribution in [-0.2, 0) is 43.4 Å². The zero-order chi connectivity index (χ0) is 89.2. The normalized spacial score (nSPS) is 11.0. The minimum atomic E-state index is -1.12. The zero-order valence-corrected chi connectivity index (χ0v) is 77.9. The van der Waals surface area contributed by atoms with Crippen molar-refractivity contribution < 1.29 is 48.8 Å². The number of nitrogen functional groups attached to an aromatic ring is 1. The smallest absolute Gasteiger partial charge is 0.337 e. The molecule has 0 unspecified atom stereocenters. The molecule has 6 N–H and O–H groups in total. The van der Waals surface area contributed by atoms with Gasteiger partial charge in [-0.15, -0.1) is 0 Å². The molecule has 0 atom stereocenters. The van der Waals surface area contributed by atoms with Crippen LogP contribution in [-0.4, -0.2) is 77.8 Å². The number of anilines is 1. The minimum absolute atomic E-state index is 0.00309. The highest BCUT2D eigenvalue weighted by Gasteiger charge is 2.23. The van der Waals surface area contributed by atoms with E-state index in [2.05, 4.69) is 127 Å². The number of carboxylic acids is 3. The molecule has 17 nitrogen and oxygen atoms in total. The molecule has 0 saturated carbocycles. The highest BCUT2D eigenvalue weighted by Crippen LogP contribution is 2.38. The predicted molar refractivity (Wildman–Crippen MR) is 503 cm³/mol. The fourth-order valence-corrected chi connectivity index (χ4v) is 14.9. The number of carboxylic acid groups (broad SMARTS) is 3. The monoisotopic (exact) mass is 1950 g/mol. The summed E-state index contributed by atoms with van der Waals surface area (Å²) in [6, 6.07) is 49.0. The molecule has 0 aliphatic carbocycles. The van der Waals surface area contributed by atoms with E-state index in [1.165, 1.54) is 45.4 Å². The summed E-state index contributed by atoms with van der Waals surface area (Å²) in [5.74, 6) is -1.79. The van der Waals surface area contributed by atoms with Crippen LogP contribution in [0.3, 0.4) is 0 Å². The fraction of sp³-hybridized carbons (Fsp3) is 0.253. The standard InChI is InChI=1S/C20H19Cl2NO3.C18H15Cl2NO3.C17H16Cl2O2.C16H13Cl2NO.C9H11Br.C7H5Cl2NO2.C4H7BrO2/c1-4-26-17(24)10-23-16-9-12(11(2)3)5-6-13(16)20(25)14-7-8-15(21)18(22)19(14)23;1-9(2)10-3-4-11-14(7-10)21(8-15(22)23)17-12(18(11)24)5-6-13(19)16(17)20;1-10(2)12-5-3-4-11(8-12)9-14-13(17(20)21)6-7-15(18)16(14)19;1-8(2)9-3-4-10-13(7-9)19-15-11(16(10)20)5-6-12(17)14(15)18;1-7(2)8-4-3-5-9(10)6-8;8-4-2-1-3(7(11)12)6(10)5(4)9;1-2-7-4(6)3-5/h5-9,11H,4,10H2,1-3H3;3-7,9H,8H2,1-2H3,(H,22,23);3-8,10H,9H2,1-2H3,(H,20,21);3-8H,1-2H3,(H,19,20);3-7H,1-2H3;1-2H,10H2,(H,11,12);2-3H2,1H3. The Kier molecular flexibility index (Phi) is 37.1. The van der Waals surface area contributed by atoms with E-state index in [1.54, 1.807) is 71.5 Å². The molecule has 0 saturated heterocycles. The first kappa shape index (κ1) is 98.7. The number of rotatable bonds is 16. The molecule has 0 amide bonds. The molecule has 632 valence electrons. The molecule has 0 fully saturated rings. The number of hydrogen-bond acceptors (Lipinski definition) is 11. The van der Waals surface area contributed by atoms with Gasteiger partial charge in [-0.05, 0) is 198 Å². The van der Waals surface area contributed by atoms with E-state index in [4.69, 9.17) is 132 Å². The minimum Gasteiger partial charge on any atom is -0.480 e. The summed E-state index contributed by atoms with van der Waals surface area (Å²) < 4.78 is 14.1. The Morgan fingerprint density at radius 1 is 0.425 bits per heavy atom. The fourth-order valence-electron chi connectivity index (χ4n) is 12.4. The molecule has 0 radical (unpaired) electrons. The number of benzene rings is 10. The van der Waals surface area contributed by atoms with Gasteiger partial charge in [-0.2, -0.15) is 0 Å². The molecule has 0 spiro atoms. The first-order valence-electron chi connectivity index (χ1n) is 37.5. The van der Waals surface area contributed by atoms with Crippen LogP contribution in [0.1, 0.15) is 172 Å². The number of nitrogens with zero attached hydrogens (tertiary/aromatic N) is 2. The van der Waals surface area contributed by atoms with E-state index in [9.17, 15) is 48.6 Å². The van der Waals surface area contributed by atoms with Crippen LogP contribution in [0.5, 0.6) is 0 Å². The van der Waals surface area contributed by atoms with E-state index < -0.39 is 23.9 Å². The lowest BCUT2D eigenvalue weighted by Crippen LogP contribution is -2.18. The predicted octanol–water partition coefficient (Wildman–Crippen LogP) is 27.1. The number of fused-ring (bicyclic) bond motifs is 6. The number of aliphatic carboxylic acids is 1. The molecule has 10 aromatic carbocycles. The van der Waals surface area contributed by atoms with Gasteiger partial charge in [0.2, 0.25) is 0 Å². The molecule has 13 rings (SSSR count). The number of nitrogens with two attached hydrogens (primary N) is 1. The van der Waals surface area contributed by atoms with Crippen molar-refractivity contribution in [2.75, 3.05) is 24.3 Å². The van der Waals surface area contributed by atoms with Gasteiger partial charge in [-0.1, -0.05) is 272 Å². The van der Waals surface area contributed by atoms with Crippen molar-refractivity contribution in [3.05, 3.63) is 299 Å². The van der Waals surface area contributed by atoms with Crippen molar-refractivity contribution in [1.82, 2.24) is 14.1 Å². The third-order valence-corrected chi connectivity index (χ3v) is 23.8. The average molecular weight is 1960 g/mol. The number of esters is 2. The van der Waals surface area contributed by atoms with Crippen molar-refractivity contribution >= 4 is 249 Å². The van der Waals surface area contributed by atoms with Crippen LogP contribution < -0.4 is 22.0 Å². The van der Waals surface area contributed by atoms with Crippen molar-refractivity contribution in [3.8, 4) is 0 Å². The molecule has 120 heavy (non-hydrogen) atoms. The van der Waals surface area contributed by atoms with Gasteiger partial charge < -0.3 is 44.6 Å². The average Bonchev–Trinajstić information content (AvgIpc) is 0.745. The Hall–Kier alpha value is -8.38. The first-order chi connectivity index (χ1) is 56.6. The van der Waals surface area contributed by atoms with Gasteiger partial charge in [-0.3, -0.25) is 28.8 Å². The van der Waals surface area contributed by atoms with Crippen molar-refractivity contribution in [3.63, 3.8) is 0 Å². The molecular weight excluding hydrogens is 1870 g/mol. The first-order valence-corrected chi connectivity index (χ1v) is 43.2. The third-order valence-electron chi connectivity index (χ3n) is 18.8. The molecule has 0 aliphatic rings. The number of hydrogen-bond donors (Lipinski definition) is 5. The number of pyridine rings is 3. The zero-order valence-electron chi connectivity index (χ0n) is 67.1. The number of ether oxygens (including phenoxy) is 2. The van der Waals surface area contributed by atoms with Gasteiger partial charge in [0.25, 0.3) is 0 Å². The number of carbonyl (C=O) groups excluding carboxylic acids is 2. The summed E-state index contributed by atoms with van der Waals surface area (Å²) >= 11 is 67.0. The van der Waals surface area contributed by atoms with E-state index in [-0.39, 0.29) is 95.7 Å². The lowest BCUT2D eigenvalue weighted by atomic mass is 9.95. The number of nitrogens with one attached hydrogen (secondary N) is 1. The van der Waals surface area contributed by atoms with Crippen LogP contribution in [0.2, 0.25) is 50.2 Å². The van der Waals surface area contributed by atoms with Crippen molar-refractivity contribution in [1.29, 1.82) is 0 Å². The summed E-state index contributed by atoms with van der Waals surface area (Å²) in [7, 11) is 0. The van der Waals surface area contributed by atoms with E-state index in [0.29, 0.717) is 127 Å². The van der Waals surface area contributed by atoms with Gasteiger partial charge in [0.05, 0.1) is 113 Å². The Morgan fingerprint density at radius 2 is 0.808 bits per heavy atom. The van der Waals surface area contributed by atoms with Gasteiger partial charge in [0.1, 0.15) is 18.4 Å². The largest absolute Gasteiger partial charge is 0.480 e. The topological polar surface area (TPSA) is 267 Å². The second-order valence-electron chi connectivity index (χ2n) is 28.6. The molecule has 0 aliphatic heterocycles. The maximum Gasteiger partial charge on any atom is 0.337 e. The van der Waals surface area contributed by atoms with Crippen molar-refractivity contribution in [2.24, 2.45) is 0 Å². The molecule has 3 heterocycles. The summed E-state index contributed by atoms with van der Waals surface area (Å²) in [5, 5.41) is 33.4. The van der Waals surface area contributed by atoms with Crippen LogP contribution in [0.25, 0.3) is 65.4 Å². The number of aromatic amines is 1. The Labute approximate surface area is 760 Å². The summed E-state index contributed by atoms with van der Waals surface area (Å²) in [4.78, 5) is 97.1. The van der Waals surface area contributed by atoms with E-state index in [0.717, 1.165) is 22.2 Å². The second kappa shape index (κ2) is 45.1. The Bertz CT molecular complexity index is 6210. The molecule has 13 aromatic rings. The summed E-state index contributed by atoms with van der Waals surface area (Å²) in [6.45, 7) is 25.0. The molecule has 3 aromatic heterocycles. The van der Waals surface area contributed by atoms with Crippen LogP contribution >= 0.6 is 148 Å². The highest BCUT2D eigenvalue weighted by atomic mass is 79.9. The number of alkyl halides is 1. The van der Waals surface area contributed by atoms with Crippen molar-refractivity contribution in [2.45, 2.75) is 132 Å². The lowest BCUT2D eigenvalue weighted by Gasteiger charge is -2.17. The summed E-state index contributed by atoms with van der Waals surface area (Å²) in [5.41, 5.74) is 16.0. The van der Waals surface area contributed by atoms with E-state index >= 15 is 0 Å². The summed E-state index contributed by atoms with van der Waals surface area (Å²) in [6.07, 6.45) is 0.446. The van der Waals surface area contributed by atoms with Gasteiger partial charge >= 0.3 is 29.8 Å². The second-order valence-corrected chi connectivity index (χ2v) is 34.1. The maximum absolute atomic E-state index is 13.0. The van der Waals surface area contributed by atoms with E-state index in [1.807, 2.05) is 74.5 Å². The molecule has 29 heteroatoms. The Morgan fingerprint density at radius 3 is 1.25 bits per heavy atom. The SMILES string of the molecule is CC(C)c1ccc2c(=O)c3ccc(Cl)c(Cl)c3[nH]c2c1.CC(C)c1ccc2c(=O)c3ccc(Cl)c(Cl)c3n(CC(=O)O)c2c1.CC(C)c1cccc(Br)c1.CC(C)c1cccc(Cc2c(C(=O)O)ccc(Cl)c2Cl)c1.CCOC(=O)CBr.CCOC(=O)Cn1c2cc(C(C)C)ccc2c(=O)c2ccc(Cl)c(Cl)c21.Nc1c(C(=O)O)ccc(Cl)c1Cl. The maximum atomic E-state index is 13.0. The third kappa shape index (κ3) is 25.0. The van der Waals surface area contributed by atoms with Crippen LogP contribution in [0.4, 0.5) is 5.69 Å². The quantitative estimate of drug-likeness (QED) is 0.0261. The number of aromatic carboxylic acids is 2. The van der Waals surface area contributed by atoms with Gasteiger partial charge in [-0.25, -0.2) is 9.59 Å². The highest BCUT2D eigenvalue weighted by molar-refractivity contribution is 9.10. The van der Waals surface area contributed by atoms with Gasteiger partial charge in [0, 0.05) is 36.8 Å². The number of H-pyrrole nitrogens is 1.